The van der Waals surface area contributed by atoms with Crippen LogP contribution in [0.3, 0.4) is 0 Å². The molecule has 0 aliphatic carbocycles. The van der Waals surface area contributed by atoms with Crippen LogP contribution in [0.4, 0.5) is 0 Å². The number of nitrogens with one attached hydrogen (secondary N) is 1. The molecule has 1 N–H and O–H groups in total. The molecule has 4 rings (SSSR count). The summed E-state index contributed by atoms with van der Waals surface area (Å²) in [7, 11) is 1.61. The van der Waals surface area contributed by atoms with Gasteiger partial charge in [0.2, 0.25) is 11.7 Å². The zero-order valence-electron chi connectivity index (χ0n) is 16.2. The summed E-state index contributed by atoms with van der Waals surface area (Å²) in [5.74, 6) is 1.46. The van der Waals surface area contributed by atoms with Gasteiger partial charge in [-0.3, -0.25) is 4.79 Å². The van der Waals surface area contributed by atoms with E-state index in [4.69, 9.17) is 9.26 Å². The van der Waals surface area contributed by atoms with Gasteiger partial charge >= 0.3 is 0 Å². The van der Waals surface area contributed by atoms with Crippen molar-refractivity contribution in [1.29, 1.82) is 0 Å². The van der Waals surface area contributed by atoms with Crippen LogP contribution in [0.2, 0.25) is 0 Å². The fraction of sp³-hybridized carbons (Fsp3) is 0.136. The van der Waals surface area contributed by atoms with Crippen molar-refractivity contribution in [3.8, 4) is 28.7 Å². The van der Waals surface area contributed by atoms with Crippen molar-refractivity contribution in [2.24, 2.45) is 0 Å². The molecule has 0 radical (unpaired) electrons. The van der Waals surface area contributed by atoms with Crippen LogP contribution in [0.15, 0.2) is 75.9 Å². The molecule has 152 valence electrons. The van der Waals surface area contributed by atoms with Crippen molar-refractivity contribution in [3.63, 3.8) is 0 Å². The topological polar surface area (TPSA) is 82.2 Å². The molecule has 30 heavy (non-hydrogen) atoms. The summed E-state index contributed by atoms with van der Waals surface area (Å²) in [5.41, 5.74) is 2.44. The van der Waals surface area contributed by atoms with E-state index in [1.54, 1.807) is 11.7 Å². The molecule has 0 unspecified atom stereocenters. The van der Waals surface area contributed by atoms with Gasteiger partial charge in [0.15, 0.2) is 0 Å². The summed E-state index contributed by atoms with van der Waals surface area (Å²) in [6, 6.07) is 18.9. The van der Waals surface area contributed by atoms with E-state index in [-0.39, 0.29) is 12.5 Å². The zero-order valence-corrected chi connectivity index (χ0v) is 17.8. The molecule has 0 aliphatic heterocycles. The number of aromatic nitrogens is 3. The minimum absolute atomic E-state index is 0.132. The highest BCUT2D eigenvalue weighted by molar-refractivity contribution is 9.10. The third-order valence-electron chi connectivity index (χ3n) is 4.56. The van der Waals surface area contributed by atoms with Crippen molar-refractivity contribution >= 4 is 21.8 Å². The maximum absolute atomic E-state index is 12.5. The predicted molar refractivity (Wildman–Crippen MR) is 116 cm³/mol. The number of carbonyl (C=O) groups is 1. The summed E-state index contributed by atoms with van der Waals surface area (Å²) in [6.45, 7) is 0.515. The molecule has 0 saturated heterocycles. The second-order valence-electron chi connectivity index (χ2n) is 6.54. The van der Waals surface area contributed by atoms with Crippen molar-refractivity contribution in [1.82, 2.24) is 20.0 Å². The molecule has 0 spiro atoms. The molecule has 2 aromatic carbocycles. The summed E-state index contributed by atoms with van der Waals surface area (Å²) in [6.07, 6.45) is 1.81. The average Bonchev–Trinajstić information content (AvgIpc) is 3.42. The van der Waals surface area contributed by atoms with Crippen LogP contribution in [0.1, 0.15) is 5.56 Å². The van der Waals surface area contributed by atoms with Gasteiger partial charge in [-0.2, -0.15) is 4.98 Å². The zero-order chi connectivity index (χ0) is 20.9. The first kappa shape index (κ1) is 19.9. The van der Waals surface area contributed by atoms with Crippen LogP contribution in [-0.4, -0.2) is 27.7 Å². The minimum Gasteiger partial charge on any atom is -0.496 e. The molecular formula is C22H19BrN4O3. The average molecular weight is 467 g/mol. The Balaban J connectivity index is 1.44. The second-order valence-corrected chi connectivity index (χ2v) is 7.46. The number of benzene rings is 2. The van der Waals surface area contributed by atoms with Gasteiger partial charge in [-0.25, -0.2) is 0 Å². The molecule has 0 fully saturated rings. The van der Waals surface area contributed by atoms with Crippen LogP contribution in [-0.2, 0) is 17.9 Å². The van der Waals surface area contributed by atoms with Crippen LogP contribution < -0.4 is 10.1 Å². The lowest BCUT2D eigenvalue weighted by Gasteiger charge is -2.10. The number of amides is 1. The number of halogens is 1. The van der Waals surface area contributed by atoms with Gasteiger partial charge in [-0.1, -0.05) is 39.3 Å². The highest BCUT2D eigenvalue weighted by atomic mass is 79.9. The highest BCUT2D eigenvalue weighted by Gasteiger charge is 2.15. The van der Waals surface area contributed by atoms with Gasteiger partial charge in [-0.05, 0) is 42.5 Å². The van der Waals surface area contributed by atoms with Gasteiger partial charge in [-0.15, -0.1) is 0 Å². The fourth-order valence-electron chi connectivity index (χ4n) is 3.04. The molecule has 0 aliphatic rings. The maximum Gasteiger partial charge on any atom is 0.274 e. The summed E-state index contributed by atoms with van der Waals surface area (Å²) in [4.78, 5) is 17.0. The second kappa shape index (κ2) is 8.96. The summed E-state index contributed by atoms with van der Waals surface area (Å²) >= 11 is 3.41. The third kappa shape index (κ3) is 4.44. The largest absolute Gasteiger partial charge is 0.496 e. The molecule has 2 heterocycles. The molecule has 0 saturated carbocycles. The van der Waals surface area contributed by atoms with Gasteiger partial charge in [0.1, 0.15) is 18.0 Å². The van der Waals surface area contributed by atoms with E-state index in [0.29, 0.717) is 24.0 Å². The molecule has 0 bridgehead atoms. The normalized spacial score (nSPS) is 10.7. The van der Waals surface area contributed by atoms with E-state index in [1.807, 2.05) is 66.9 Å². The van der Waals surface area contributed by atoms with Crippen LogP contribution in [0, 0.1) is 0 Å². The van der Waals surface area contributed by atoms with E-state index < -0.39 is 0 Å². The fourth-order valence-corrected chi connectivity index (χ4v) is 3.31. The molecule has 4 aromatic rings. The first-order valence-electron chi connectivity index (χ1n) is 9.28. The number of rotatable bonds is 7. The van der Waals surface area contributed by atoms with E-state index in [0.717, 1.165) is 21.3 Å². The van der Waals surface area contributed by atoms with Crippen LogP contribution in [0.5, 0.6) is 5.75 Å². The smallest absolute Gasteiger partial charge is 0.274 e. The van der Waals surface area contributed by atoms with Crippen molar-refractivity contribution in [2.45, 2.75) is 13.1 Å². The number of hydrogen-bond donors (Lipinski definition) is 1. The Labute approximate surface area is 181 Å². The molecule has 2 aromatic heterocycles. The van der Waals surface area contributed by atoms with Crippen molar-refractivity contribution in [3.05, 3.63) is 76.9 Å². The lowest BCUT2D eigenvalue weighted by molar-refractivity contribution is -0.121. The van der Waals surface area contributed by atoms with Crippen LogP contribution in [0.25, 0.3) is 23.0 Å². The Morgan fingerprint density at radius 2 is 1.93 bits per heavy atom. The first-order chi connectivity index (χ1) is 14.6. The standard InChI is InChI=1S/C22H19BrN4O3/c1-29-19-7-3-2-5-16(19)13-24-20(28)14-27-12-4-6-18(27)22-25-21(26-30-22)15-8-10-17(23)11-9-15/h2-12H,13-14H2,1H3,(H,24,28). The number of hydrogen-bond acceptors (Lipinski definition) is 5. The number of para-hydroxylation sites is 1. The van der Waals surface area contributed by atoms with E-state index >= 15 is 0 Å². The summed E-state index contributed by atoms with van der Waals surface area (Å²) < 4.78 is 13.5. The molecule has 0 atom stereocenters. The maximum atomic E-state index is 12.5. The molecule has 8 heteroatoms. The van der Waals surface area contributed by atoms with Gasteiger partial charge in [0, 0.05) is 28.3 Å². The number of nitrogens with zero attached hydrogens (tertiary/aromatic N) is 3. The SMILES string of the molecule is COc1ccccc1CNC(=O)Cn1cccc1-c1nc(-c2ccc(Br)cc2)no1. The predicted octanol–water partition coefficient (Wildman–Crippen LogP) is 4.29. The monoisotopic (exact) mass is 466 g/mol. The highest BCUT2D eigenvalue weighted by Crippen LogP contribution is 2.24. The molecule has 1 amide bonds. The number of methoxy groups -OCH3 is 1. The molecular weight excluding hydrogens is 448 g/mol. The minimum atomic E-state index is -0.133. The van der Waals surface area contributed by atoms with E-state index in [2.05, 4.69) is 31.4 Å². The number of carbonyl (C=O) groups excluding carboxylic acids is 1. The Bertz CT molecular complexity index is 1150. The first-order valence-corrected chi connectivity index (χ1v) is 10.1. The molecule has 7 nitrogen and oxygen atoms in total. The van der Waals surface area contributed by atoms with Crippen molar-refractivity contribution in [2.75, 3.05) is 7.11 Å². The number of ether oxygens (including phenoxy) is 1. The van der Waals surface area contributed by atoms with E-state index in [9.17, 15) is 4.79 Å². The van der Waals surface area contributed by atoms with Gasteiger partial charge in [0.05, 0.1) is 7.11 Å². The van der Waals surface area contributed by atoms with Gasteiger partial charge < -0.3 is 19.1 Å². The van der Waals surface area contributed by atoms with Gasteiger partial charge in [0.25, 0.3) is 5.89 Å². The Hall–Kier alpha value is -3.39. The summed E-state index contributed by atoms with van der Waals surface area (Å²) in [5, 5.41) is 6.97. The Morgan fingerprint density at radius 3 is 2.73 bits per heavy atom. The lowest BCUT2D eigenvalue weighted by Crippen LogP contribution is -2.27. The lowest BCUT2D eigenvalue weighted by atomic mass is 10.2. The van der Waals surface area contributed by atoms with Crippen molar-refractivity contribution < 1.29 is 14.1 Å². The van der Waals surface area contributed by atoms with Crippen LogP contribution >= 0.6 is 15.9 Å². The Morgan fingerprint density at radius 1 is 1.13 bits per heavy atom. The third-order valence-corrected chi connectivity index (χ3v) is 5.09. The van der Waals surface area contributed by atoms with E-state index in [1.165, 1.54) is 0 Å². The quantitative estimate of drug-likeness (QED) is 0.439. The Kier molecular flexibility index (Phi) is 5.94.